The fourth-order valence-corrected chi connectivity index (χ4v) is 3.21. The summed E-state index contributed by atoms with van der Waals surface area (Å²) < 4.78 is 0. The second kappa shape index (κ2) is 7.65. The highest BCUT2D eigenvalue weighted by atomic mass is 16.2. The number of nitrogens with zero attached hydrogens (tertiary/aromatic N) is 2. The number of hydrogen-bond donors (Lipinski definition) is 3. The minimum atomic E-state index is -0.681. The van der Waals surface area contributed by atoms with Crippen LogP contribution in [0.2, 0.25) is 0 Å². The van der Waals surface area contributed by atoms with Crippen LogP contribution in [0.3, 0.4) is 0 Å². The predicted octanol–water partition coefficient (Wildman–Crippen LogP) is -0.602. The van der Waals surface area contributed by atoms with E-state index in [1.807, 2.05) is 31.2 Å². The molecule has 25 heavy (non-hydrogen) atoms. The lowest BCUT2D eigenvalue weighted by Crippen LogP contribution is -3.14. The molecule has 1 aromatic carbocycles. The number of guanidine groups is 1. The van der Waals surface area contributed by atoms with Crippen molar-refractivity contribution in [3.8, 4) is 0 Å². The van der Waals surface area contributed by atoms with Crippen LogP contribution in [0.4, 0.5) is 5.69 Å². The van der Waals surface area contributed by atoms with Gasteiger partial charge in [0.2, 0.25) is 17.8 Å². The first-order chi connectivity index (χ1) is 12.1. The van der Waals surface area contributed by atoms with E-state index in [9.17, 15) is 9.59 Å². The summed E-state index contributed by atoms with van der Waals surface area (Å²) in [7, 11) is 0. The van der Waals surface area contributed by atoms with Crippen LogP contribution in [-0.2, 0) is 9.59 Å². The summed E-state index contributed by atoms with van der Waals surface area (Å²) in [5.41, 5.74) is 1.74. The molecule has 2 aliphatic heterocycles. The molecular weight excluding hydrogens is 318 g/mol. The van der Waals surface area contributed by atoms with E-state index in [2.05, 4.69) is 27.4 Å². The van der Waals surface area contributed by atoms with Crippen molar-refractivity contribution >= 4 is 23.5 Å². The van der Waals surface area contributed by atoms with Crippen molar-refractivity contribution in [1.82, 2.24) is 10.2 Å². The Hall–Kier alpha value is -2.41. The van der Waals surface area contributed by atoms with Crippen LogP contribution in [0.15, 0.2) is 29.3 Å². The Bertz CT molecular complexity index is 680. The van der Waals surface area contributed by atoms with Crippen molar-refractivity contribution < 1.29 is 14.5 Å². The Morgan fingerprint density at radius 2 is 2.08 bits per heavy atom. The number of para-hydroxylation sites is 1. The van der Waals surface area contributed by atoms with Crippen LogP contribution >= 0.6 is 0 Å². The summed E-state index contributed by atoms with van der Waals surface area (Å²) >= 11 is 0. The van der Waals surface area contributed by atoms with Gasteiger partial charge in [0.15, 0.2) is 0 Å². The van der Waals surface area contributed by atoms with E-state index in [0.717, 1.165) is 44.0 Å². The summed E-state index contributed by atoms with van der Waals surface area (Å²) in [5, 5.41) is 5.72. The zero-order chi connectivity index (χ0) is 17.8. The molecule has 1 atom stereocenters. The molecule has 0 unspecified atom stereocenters. The zero-order valence-electron chi connectivity index (χ0n) is 14.8. The number of quaternary nitrogens is 1. The van der Waals surface area contributed by atoms with Crippen molar-refractivity contribution in [3.63, 3.8) is 0 Å². The van der Waals surface area contributed by atoms with Gasteiger partial charge in [-0.3, -0.25) is 14.9 Å². The zero-order valence-corrected chi connectivity index (χ0v) is 14.8. The van der Waals surface area contributed by atoms with Crippen LogP contribution in [0, 0.1) is 6.92 Å². The van der Waals surface area contributed by atoms with E-state index in [4.69, 9.17) is 0 Å². The number of likely N-dealkylation sites (N-methyl/N-ethyl adjacent to an activating group) is 1. The molecule has 0 aliphatic carbocycles. The van der Waals surface area contributed by atoms with Gasteiger partial charge in [0.25, 0.3) is 0 Å². The number of piperazine rings is 1. The molecule has 2 aliphatic rings. The van der Waals surface area contributed by atoms with Crippen molar-refractivity contribution in [2.24, 2.45) is 4.99 Å². The molecule has 3 N–H and O–H groups in total. The van der Waals surface area contributed by atoms with Crippen LogP contribution in [0.1, 0.15) is 18.9 Å². The summed E-state index contributed by atoms with van der Waals surface area (Å²) in [5.74, 6) is 0.149. The van der Waals surface area contributed by atoms with Crippen LogP contribution < -0.4 is 15.5 Å². The monoisotopic (exact) mass is 344 g/mol. The smallest absolute Gasteiger partial charge is 0.249 e. The lowest BCUT2D eigenvalue weighted by molar-refractivity contribution is -0.902. The maximum atomic E-state index is 12.6. The predicted molar refractivity (Wildman–Crippen MR) is 96.6 cm³/mol. The van der Waals surface area contributed by atoms with E-state index >= 15 is 0 Å². The van der Waals surface area contributed by atoms with E-state index in [1.165, 1.54) is 0 Å². The van der Waals surface area contributed by atoms with E-state index < -0.39 is 6.04 Å². The first-order valence-electron chi connectivity index (χ1n) is 8.89. The number of benzene rings is 1. The third kappa shape index (κ3) is 4.17. The number of nitrogens with one attached hydrogen (secondary N) is 3. The summed E-state index contributed by atoms with van der Waals surface area (Å²) in [6.07, 6.45) is 0.0847. The third-order valence-electron chi connectivity index (χ3n) is 4.88. The molecule has 2 heterocycles. The average Bonchev–Trinajstić information content (AvgIpc) is 2.63. The quantitative estimate of drug-likeness (QED) is 0.685. The number of carbonyl (C=O) groups is 2. The standard InChI is InChI=1S/C18H25N5O2/c1-3-22-8-10-23(11-9-22)18-20-15(12-16(24)21-18)17(25)19-14-7-5-4-6-13(14)2/h4-7,15H,3,8-12H2,1-2H3,(H,19,25)(H,20,21,24)/p+1/t15-/m0/s1. The molecule has 7 nitrogen and oxygen atoms in total. The Morgan fingerprint density at radius 3 is 2.76 bits per heavy atom. The van der Waals surface area contributed by atoms with E-state index in [0.29, 0.717) is 5.96 Å². The number of aryl methyl sites for hydroxylation is 1. The van der Waals surface area contributed by atoms with Crippen molar-refractivity contribution in [2.45, 2.75) is 26.3 Å². The topological polar surface area (TPSA) is 78.2 Å². The molecule has 3 rings (SSSR count). The molecule has 1 aromatic rings. The summed E-state index contributed by atoms with van der Waals surface area (Å²) in [4.78, 5) is 32.8. The molecule has 0 spiro atoms. The number of rotatable bonds is 3. The van der Waals surface area contributed by atoms with E-state index in [-0.39, 0.29) is 18.2 Å². The van der Waals surface area contributed by atoms with Crippen LogP contribution in [0.25, 0.3) is 0 Å². The molecule has 0 bridgehead atoms. The van der Waals surface area contributed by atoms with Crippen LogP contribution in [-0.4, -0.2) is 61.4 Å². The van der Waals surface area contributed by atoms with Crippen molar-refractivity contribution in [2.75, 3.05) is 38.0 Å². The Morgan fingerprint density at radius 1 is 1.36 bits per heavy atom. The highest BCUT2D eigenvalue weighted by Crippen LogP contribution is 2.15. The lowest BCUT2D eigenvalue weighted by Gasteiger charge is -2.35. The van der Waals surface area contributed by atoms with Gasteiger partial charge in [0, 0.05) is 5.69 Å². The molecule has 1 fully saturated rings. The minimum absolute atomic E-state index is 0.0847. The SMILES string of the molecule is CC[NH+]1CCN(C2=N[C@H](C(=O)Nc3ccccc3C)CC(=O)N2)CC1. The number of anilines is 1. The first-order valence-corrected chi connectivity index (χ1v) is 8.89. The maximum absolute atomic E-state index is 12.6. The Kier molecular flexibility index (Phi) is 5.33. The van der Waals surface area contributed by atoms with E-state index in [1.54, 1.807) is 4.90 Å². The fraction of sp³-hybridized carbons (Fsp3) is 0.500. The molecule has 134 valence electrons. The molecule has 2 amide bonds. The van der Waals surface area contributed by atoms with Crippen molar-refractivity contribution in [3.05, 3.63) is 29.8 Å². The van der Waals surface area contributed by atoms with Crippen LogP contribution in [0.5, 0.6) is 0 Å². The largest absolute Gasteiger partial charge is 0.332 e. The normalized spacial score (nSPS) is 21.5. The Balaban J connectivity index is 1.69. The molecule has 0 saturated carbocycles. The number of amides is 2. The number of hydrogen-bond acceptors (Lipinski definition) is 4. The molecule has 1 saturated heterocycles. The van der Waals surface area contributed by atoms with Gasteiger partial charge in [-0.2, -0.15) is 0 Å². The van der Waals surface area contributed by atoms with Gasteiger partial charge >= 0.3 is 0 Å². The molecule has 0 radical (unpaired) electrons. The number of carbonyl (C=O) groups excluding carboxylic acids is 2. The fourth-order valence-electron chi connectivity index (χ4n) is 3.21. The second-order valence-corrected chi connectivity index (χ2v) is 6.62. The second-order valence-electron chi connectivity index (χ2n) is 6.62. The first kappa shape index (κ1) is 17.4. The summed E-state index contributed by atoms with van der Waals surface area (Å²) in [6, 6.07) is 6.91. The molecular formula is C18H26N5O2+. The van der Waals surface area contributed by atoms with Gasteiger partial charge in [-0.1, -0.05) is 18.2 Å². The number of aliphatic imine (C=N–C) groups is 1. The highest BCUT2D eigenvalue weighted by molar-refractivity contribution is 6.06. The van der Waals surface area contributed by atoms with Gasteiger partial charge in [0.1, 0.15) is 6.04 Å². The highest BCUT2D eigenvalue weighted by Gasteiger charge is 2.31. The van der Waals surface area contributed by atoms with Gasteiger partial charge in [-0.25, -0.2) is 4.99 Å². The maximum Gasteiger partial charge on any atom is 0.249 e. The van der Waals surface area contributed by atoms with Gasteiger partial charge in [-0.05, 0) is 25.5 Å². The van der Waals surface area contributed by atoms with Gasteiger partial charge in [-0.15, -0.1) is 0 Å². The molecule has 7 heteroatoms. The third-order valence-corrected chi connectivity index (χ3v) is 4.88. The Labute approximate surface area is 148 Å². The summed E-state index contributed by atoms with van der Waals surface area (Å²) in [6.45, 7) is 8.94. The lowest BCUT2D eigenvalue weighted by atomic mass is 10.1. The average molecular weight is 344 g/mol. The molecule has 0 aromatic heterocycles. The van der Waals surface area contributed by atoms with Gasteiger partial charge < -0.3 is 15.1 Å². The van der Waals surface area contributed by atoms with Crippen molar-refractivity contribution in [1.29, 1.82) is 0 Å². The minimum Gasteiger partial charge on any atom is -0.332 e. The van der Waals surface area contributed by atoms with Gasteiger partial charge in [0.05, 0.1) is 39.1 Å².